The molecule has 0 bridgehead atoms. The Kier molecular flexibility index (Phi) is 7.74. The third kappa shape index (κ3) is 3.98. The van der Waals surface area contributed by atoms with E-state index in [1.165, 1.54) is 0 Å². The van der Waals surface area contributed by atoms with Crippen molar-refractivity contribution in [1.82, 2.24) is 10.2 Å². The lowest BCUT2D eigenvalue weighted by molar-refractivity contribution is 0.171. The van der Waals surface area contributed by atoms with Gasteiger partial charge < -0.3 is 14.8 Å². The summed E-state index contributed by atoms with van der Waals surface area (Å²) in [5, 5.41) is 12.5. The Balaban J connectivity index is 0.00000121. The number of nitrogens with one attached hydrogen (secondary N) is 1. The highest BCUT2D eigenvalue weighted by Gasteiger charge is 2.26. The minimum Gasteiger partial charge on any atom is -0.454 e. The summed E-state index contributed by atoms with van der Waals surface area (Å²) < 4.78 is 11.8. The van der Waals surface area contributed by atoms with Gasteiger partial charge in [-0.05, 0) is 17.7 Å². The second kappa shape index (κ2) is 8.80. The molecular weight excluding hydrogens is 393 g/mol. The van der Waals surface area contributed by atoms with Gasteiger partial charge in [-0.3, -0.25) is 4.90 Å². The highest BCUT2D eigenvalue weighted by atomic mass is 79.9. The zero-order chi connectivity index (χ0) is 13.9. The van der Waals surface area contributed by atoms with Gasteiger partial charge in [0.1, 0.15) is 0 Å². The molecule has 0 saturated carbocycles. The number of ether oxygens (including phenoxy) is 2. The van der Waals surface area contributed by atoms with Crippen LogP contribution in [0.1, 0.15) is 18.0 Å². The quantitative estimate of drug-likeness (QED) is 0.830. The summed E-state index contributed by atoms with van der Waals surface area (Å²) in [4.78, 5) is 2.35. The van der Waals surface area contributed by atoms with Crippen LogP contribution in [-0.2, 0) is 0 Å². The average molecular weight is 411 g/mol. The number of nitriles is 1. The molecule has 8 heteroatoms. The van der Waals surface area contributed by atoms with E-state index in [4.69, 9.17) is 14.7 Å². The normalized spacial score (nSPS) is 17.8. The van der Waals surface area contributed by atoms with Gasteiger partial charge >= 0.3 is 0 Å². The predicted molar refractivity (Wildman–Crippen MR) is 92.2 cm³/mol. The monoisotopic (exact) mass is 409 g/mol. The van der Waals surface area contributed by atoms with Gasteiger partial charge in [0.25, 0.3) is 0 Å². The first kappa shape index (κ1) is 19.3. The number of hydrogen-bond acceptors (Lipinski definition) is 5. The van der Waals surface area contributed by atoms with Crippen LogP contribution in [0.5, 0.6) is 11.5 Å². The van der Waals surface area contributed by atoms with Crippen LogP contribution in [-0.4, -0.2) is 37.9 Å². The van der Waals surface area contributed by atoms with Crippen LogP contribution in [0.25, 0.3) is 0 Å². The number of hydrogen-bond donors (Lipinski definition) is 1. The third-order valence-corrected chi connectivity index (χ3v) is 4.41. The summed E-state index contributed by atoms with van der Waals surface area (Å²) in [5.41, 5.74) is 1.10. The molecular formula is C14H18BrCl2N3O2. The van der Waals surface area contributed by atoms with E-state index >= 15 is 0 Å². The number of rotatable bonds is 3. The molecule has 2 heterocycles. The zero-order valence-corrected chi connectivity index (χ0v) is 15.1. The molecule has 0 unspecified atom stereocenters. The van der Waals surface area contributed by atoms with Crippen molar-refractivity contribution in [2.75, 3.05) is 33.0 Å². The SMILES string of the molecule is Cl.Cl.N#CC[C@@H](c1cc2c(cc1Br)OCO2)N1CCNCC1. The lowest BCUT2D eigenvalue weighted by Crippen LogP contribution is -2.45. The Morgan fingerprint density at radius 2 is 1.86 bits per heavy atom. The Labute approximate surface area is 150 Å². The highest BCUT2D eigenvalue weighted by Crippen LogP contribution is 2.41. The van der Waals surface area contributed by atoms with Crippen molar-refractivity contribution in [3.63, 3.8) is 0 Å². The van der Waals surface area contributed by atoms with E-state index in [0.717, 1.165) is 47.7 Å². The fourth-order valence-corrected chi connectivity index (χ4v) is 3.29. The summed E-state index contributed by atoms with van der Waals surface area (Å²) in [5.74, 6) is 1.53. The molecule has 3 rings (SSSR count). The molecule has 0 aliphatic carbocycles. The second-order valence-electron chi connectivity index (χ2n) is 4.89. The number of fused-ring (bicyclic) bond motifs is 1. The van der Waals surface area contributed by atoms with E-state index in [9.17, 15) is 0 Å². The van der Waals surface area contributed by atoms with Crippen LogP contribution in [0.2, 0.25) is 0 Å². The zero-order valence-electron chi connectivity index (χ0n) is 11.9. The molecule has 1 N–H and O–H groups in total. The molecule has 1 aromatic carbocycles. The maximum Gasteiger partial charge on any atom is 0.231 e. The fraction of sp³-hybridized carbons (Fsp3) is 0.500. The highest BCUT2D eigenvalue weighted by molar-refractivity contribution is 9.10. The molecule has 22 heavy (non-hydrogen) atoms. The van der Waals surface area contributed by atoms with Crippen LogP contribution in [0.3, 0.4) is 0 Å². The van der Waals surface area contributed by atoms with Crippen molar-refractivity contribution < 1.29 is 9.47 Å². The van der Waals surface area contributed by atoms with Gasteiger partial charge in [0, 0.05) is 36.7 Å². The first-order chi connectivity index (χ1) is 9.79. The maximum absolute atomic E-state index is 9.15. The molecule has 122 valence electrons. The van der Waals surface area contributed by atoms with E-state index in [-0.39, 0.29) is 37.6 Å². The smallest absolute Gasteiger partial charge is 0.231 e. The predicted octanol–water partition coefficient (Wildman–Crippen LogP) is 2.88. The number of benzene rings is 1. The lowest BCUT2D eigenvalue weighted by Gasteiger charge is -2.34. The number of nitrogens with zero attached hydrogens (tertiary/aromatic N) is 2. The Hall–Kier alpha value is -0.710. The standard InChI is InChI=1S/C14H16BrN3O2.2ClH/c15-11-8-14-13(19-9-20-14)7-10(11)12(1-2-16)18-5-3-17-4-6-18;;/h7-8,12,17H,1,3-6,9H2;2*1H/t12-;;/m0../s1. The topological polar surface area (TPSA) is 57.5 Å². The summed E-state index contributed by atoms with van der Waals surface area (Å²) in [7, 11) is 0. The fourth-order valence-electron chi connectivity index (χ4n) is 2.70. The summed E-state index contributed by atoms with van der Waals surface area (Å²) in [6.45, 7) is 4.09. The van der Waals surface area contributed by atoms with E-state index < -0.39 is 0 Å². The van der Waals surface area contributed by atoms with Crippen molar-refractivity contribution in [3.8, 4) is 17.6 Å². The van der Waals surface area contributed by atoms with Gasteiger partial charge in [-0.2, -0.15) is 5.26 Å². The number of halogens is 3. The van der Waals surface area contributed by atoms with Crippen molar-refractivity contribution in [2.45, 2.75) is 12.5 Å². The first-order valence-corrected chi connectivity index (χ1v) is 7.49. The Morgan fingerprint density at radius 3 is 2.50 bits per heavy atom. The van der Waals surface area contributed by atoms with E-state index in [1.54, 1.807) is 0 Å². The molecule has 1 aromatic rings. The van der Waals surface area contributed by atoms with Crippen LogP contribution in [0, 0.1) is 11.3 Å². The molecule has 2 aliphatic heterocycles. The molecule has 0 spiro atoms. The average Bonchev–Trinajstić information content (AvgIpc) is 2.92. The second-order valence-corrected chi connectivity index (χ2v) is 5.75. The van der Waals surface area contributed by atoms with Gasteiger partial charge in [-0.25, -0.2) is 0 Å². The van der Waals surface area contributed by atoms with Crippen molar-refractivity contribution in [3.05, 3.63) is 22.2 Å². The first-order valence-electron chi connectivity index (χ1n) is 6.70. The van der Waals surface area contributed by atoms with Crippen molar-refractivity contribution >= 4 is 40.7 Å². The number of piperazine rings is 1. The molecule has 0 aromatic heterocycles. The van der Waals surface area contributed by atoms with Crippen LogP contribution < -0.4 is 14.8 Å². The van der Waals surface area contributed by atoms with Crippen LogP contribution >= 0.6 is 40.7 Å². The maximum atomic E-state index is 9.15. The summed E-state index contributed by atoms with van der Waals surface area (Å²) in [6.07, 6.45) is 0.470. The minimum atomic E-state index is 0. The van der Waals surface area contributed by atoms with Crippen molar-refractivity contribution in [1.29, 1.82) is 5.26 Å². The van der Waals surface area contributed by atoms with Crippen LogP contribution in [0.4, 0.5) is 0 Å². The Bertz CT molecular complexity index is 548. The molecule has 1 atom stereocenters. The molecule has 0 radical (unpaired) electrons. The Morgan fingerprint density at radius 1 is 1.23 bits per heavy atom. The van der Waals surface area contributed by atoms with E-state index in [2.05, 4.69) is 32.2 Å². The van der Waals surface area contributed by atoms with Gasteiger partial charge in [0.2, 0.25) is 6.79 Å². The molecule has 5 nitrogen and oxygen atoms in total. The third-order valence-electron chi connectivity index (χ3n) is 3.73. The summed E-state index contributed by atoms with van der Waals surface area (Å²) >= 11 is 3.60. The molecule has 2 aliphatic rings. The van der Waals surface area contributed by atoms with Gasteiger partial charge in [0.15, 0.2) is 11.5 Å². The summed E-state index contributed by atoms with van der Waals surface area (Å²) in [6, 6.07) is 6.32. The van der Waals surface area contributed by atoms with Gasteiger partial charge in [0.05, 0.1) is 12.5 Å². The van der Waals surface area contributed by atoms with Gasteiger partial charge in [-0.1, -0.05) is 15.9 Å². The largest absolute Gasteiger partial charge is 0.454 e. The molecule has 1 fully saturated rings. The van der Waals surface area contributed by atoms with Crippen LogP contribution in [0.15, 0.2) is 16.6 Å². The lowest BCUT2D eigenvalue weighted by atomic mass is 10.0. The van der Waals surface area contributed by atoms with E-state index in [0.29, 0.717) is 6.42 Å². The van der Waals surface area contributed by atoms with E-state index in [1.807, 2.05) is 12.1 Å². The molecule has 1 saturated heterocycles. The molecule has 0 amide bonds. The minimum absolute atomic E-state index is 0. The van der Waals surface area contributed by atoms with Crippen molar-refractivity contribution in [2.24, 2.45) is 0 Å². The van der Waals surface area contributed by atoms with Gasteiger partial charge in [-0.15, -0.1) is 24.8 Å².